The van der Waals surface area contributed by atoms with Crippen molar-refractivity contribution in [3.8, 4) is 23.0 Å². The molecule has 0 saturated heterocycles. The number of benzene rings is 3. The summed E-state index contributed by atoms with van der Waals surface area (Å²) in [6, 6.07) is 22.4. The number of rotatable bonds is 6. The van der Waals surface area contributed by atoms with E-state index in [0.29, 0.717) is 22.5 Å². The molecular weight excluding hydrogens is 513 g/mol. The van der Waals surface area contributed by atoms with Crippen LogP contribution in [0.5, 0.6) is 0 Å². The Bertz CT molecular complexity index is 1750. The molecule has 0 aliphatic carbocycles. The predicted octanol–water partition coefficient (Wildman–Crippen LogP) is 5.38. The molecule has 10 heteroatoms. The highest BCUT2D eigenvalue weighted by Crippen LogP contribution is 2.32. The lowest BCUT2D eigenvalue weighted by Gasteiger charge is -2.27. The Hall–Kier alpha value is -5.69. The van der Waals surface area contributed by atoms with E-state index in [-0.39, 0.29) is 29.0 Å². The first kappa shape index (κ1) is 25.9. The van der Waals surface area contributed by atoms with Crippen LogP contribution in [0.4, 0.5) is 10.1 Å². The fourth-order valence-electron chi connectivity index (χ4n) is 4.37. The Balaban J connectivity index is 1.62. The third-order valence-corrected chi connectivity index (χ3v) is 6.49. The normalized spacial score (nSPS) is 14.5. The van der Waals surface area contributed by atoms with Crippen molar-refractivity contribution in [1.29, 1.82) is 5.26 Å². The maximum atomic E-state index is 13.6. The molecule has 2 amide bonds. The maximum Gasteiger partial charge on any atom is 0.271 e. The topological polar surface area (TPSA) is 122 Å². The third kappa shape index (κ3) is 4.91. The van der Waals surface area contributed by atoms with Gasteiger partial charge in [-0.05, 0) is 48.4 Å². The smallest absolute Gasteiger partial charge is 0.269 e. The zero-order valence-corrected chi connectivity index (χ0v) is 21.1. The summed E-state index contributed by atoms with van der Waals surface area (Å²) in [6.45, 7) is 1.40. The van der Waals surface area contributed by atoms with E-state index in [1.165, 1.54) is 41.1 Å². The van der Waals surface area contributed by atoms with Crippen molar-refractivity contribution in [3.63, 3.8) is 0 Å². The maximum absolute atomic E-state index is 13.6. The van der Waals surface area contributed by atoms with Crippen LogP contribution in [0.3, 0.4) is 0 Å². The van der Waals surface area contributed by atoms with Gasteiger partial charge in [0.25, 0.3) is 17.5 Å². The lowest BCUT2D eigenvalue weighted by molar-refractivity contribution is -0.384. The number of nitrogens with zero attached hydrogens (tertiary/aromatic N) is 5. The van der Waals surface area contributed by atoms with Gasteiger partial charge in [0.2, 0.25) is 0 Å². The predicted molar refractivity (Wildman–Crippen MR) is 144 cm³/mol. The van der Waals surface area contributed by atoms with E-state index < -0.39 is 22.6 Å². The molecule has 40 heavy (non-hydrogen) atoms. The number of nitro benzene ring substituents is 1. The summed E-state index contributed by atoms with van der Waals surface area (Å²) in [5, 5.41) is 25.5. The number of halogens is 1. The molecule has 0 radical (unpaired) electrons. The van der Waals surface area contributed by atoms with Crippen molar-refractivity contribution in [2.75, 3.05) is 0 Å². The monoisotopic (exact) mass is 533 g/mol. The number of hydrogen-bond acceptors (Lipinski definition) is 6. The lowest BCUT2D eigenvalue weighted by atomic mass is 9.93. The first-order chi connectivity index (χ1) is 19.3. The second kappa shape index (κ2) is 10.6. The van der Waals surface area contributed by atoms with Gasteiger partial charge >= 0.3 is 0 Å². The molecule has 0 saturated carbocycles. The van der Waals surface area contributed by atoms with E-state index in [2.05, 4.69) is 5.10 Å². The van der Waals surface area contributed by atoms with Gasteiger partial charge in [-0.1, -0.05) is 42.5 Å². The van der Waals surface area contributed by atoms with Gasteiger partial charge in [0.1, 0.15) is 17.5 Å². The van der Waals surface area contributed by atoms with Crippen LogP contribution < -0.4 is 0 Å². The average molecular weight is 534 g/mol. The second-order valence-corrected chi connectivity index (χ2v) is 9.01. The van der Waals surface area contributed by atoms with Crippen LogP contribution in [0.2, 0.25) is 0 Å². The SMILES string of the molecule is CC1=C(C#N)C(=O)N(Cc2ccc(F)cc2)C(=O)/C1=C/c1cn(-c2ccc([N+](=O)[O-])cc2)nc1-c1ccccc1. The largest absolute Gasteiger partial charge is 0.271 e. The standard InChI is InChI=1S/C30H20FN5O4/c1-19-26(29(37)34(30(38)27(19)16-32)17-20-7-9-23(31)10-8-20)15-22-18-35(24-11-13-25(14-12-24)36(39)40)33-28(22)21-5-3-2-4-6-21/h2-15,18H,17H2,1H3/b26-15+. The highest BCUT2D eigenvalue weighted by atomic mass is 19.1. The van der Waals surface area contributed by atoms with Crippen LogP contribution in [-0.4, -0.2) is 31.4 Å². The van der Waals surface area contributed by atoms with Gasteiger partial charge in [0.15, 0.2) is 0 Å². The first-order valence-corrected chi connectivity index (χ1v) is 12.1. The Labute approximate surface area is 227 Å². The summed E-state index contributed by atoms with van der Waals surface area (Å²) >= 11 is 0. The quantitative estimate of drug-likeness (QED) is 0.142. The minimum absolute atomic E-state index is 0.0648. The highest BCUT2D eigenvalue weighted by molar-refractivity contribution is 6.19. The molecule has 0 atom stereocenters. The molecule has 2 heterocycles. The number of amides is 2. The number of aromatic nitrogens is 2. The molecule has 3 aromatic carbocycles. The summed E-state index contributed by atoms with van der Waals surface area (Å²) in [5.74, 6) is -1.78. The minimum atomic E-state index is -0.726. The van der Waals surface area contributed by atoms with Gasteiger partial charge in [0, 0.05) is 35.0 Å². The molecule has 1 aromatic heterocycles. The van der Waals surface area contributed by atoms with Crippen molar-refractivity contribution < 1.29 is 18.9 Å². The molecule has 0 fully saturated rings. The number of carbonyl (C=O) groups excluding carboxylic acids is 2. The lowest BCUT2D eigenvalue weighted by Crippen LogP contribution is -2.42. The van der Waals surface area contributed by atoms with E-state index in [9.17, 15) is 29.4 Å². The van der Waals surface area contributed by atoms with E-state index in [1.807, 2.05) is 36.4 Å². The fourth-order valence-corrected chi connectivity index (χ4v) is 4.37. The fraction of sp³-hybridized carbons (Fsp3) is 0.0667. The zero-order valence-electron chi connectivity index (χ0n) is 21.1. The Morgan fingerprint density at radius 3 is 2.30 bits per heavy atom. The Morgan fingerprint density at radius 1 is 1.00 bits per heavy atom. The van der Waals surface area contributed by atoms with Crippen molar-refractivity contribution in [2.45, 2.75) is 13.5 Å². The van der Waals surface area contributed by atoms with Gasteiger partial charge in [-0.15, -0.1) is 0 Å². The minimum Gasteiger partial charge on any atom is -0.269 e. The summed E-state index contributed by atoms with van der Waals surface area (Å²) < 4.78 is 14.9. The van der Waals surface area contributed by atoms with Crippen LogP contribution in [0.1, 0.15) is 18.1 Å². The first-order valence-electron chi connectivity index (χ1n) is 12.1. The van der Waals surface area contributed by atoms with Crippen LogP contribution in [-0.2, 0) is 16.1 Å². The number of nitriles is 1. The number of hydrogen-bond donors (Lipinski definition) is 0. The summed E-state index contributed by atoms with van der Waals surface area (Å²) in [6.07, 6.45) is 3.25. The van der Waals surface area contributed by atoms with E-state index in [1.54, 1.807) is 31.3 Å². The molecule has 4 aromatic rings. The molecule has 1 aliphatic rings. The van der Waals surface area contributed by atoms with E-state index in [4.69, 9.17) is 0 Å². The van der Waals surface area contributed by atoms with Crippen LogP contribution >= 0.6 is 0 Å². The summed E-state index contributed by atoms with van der Waals surface area (Å²) in [5.41, 5.74) is 3.01. The number of imide groups is 1. The molecule has 0 spiro atoms. The van der Waals surface area contributed by atoms with Crippen LogP contribution in [0.25, 0.3) is 23.0 Å². The van der Waals surface area contributed by atoms with Gasteiger partial charge in [-0.2, -0.15) is 10.4 Å². The second-order valence-electron chi connectivity index (χ2n) is 9.01. The average Bonchev–Trinajstić information content (AvgIpc) is 3.39. The molecule has 0 unspecified atom stereocenters. The molecule has 0 N–H and O–H groups in total. The van der Waals surface area contributed by atoms with Crippen molar-refractivity contribution in [1.82, 2.24) is 14.7 Å². The molecule has 0 bridgehead atoms. The van der Waals surface area contributed by atoms with Gasteiger partial charge in [-0.25, -0.2) is 9.07 Å². The summed E-state index contributed by atoms with van der Waals surface area (Å²) in [7, 11) is 0. The van der Waals surface area contributed by atoms with E-state index in [0.717, 1.165) is 10.5 Å². The van der Waals surface area contributed by atoms with Gasteiger partial charge in [0.05, 0.1) is 22.8 Å². The van der Waals surface area contributed by atoms with Gasteiger partial charge < -0.3 is 0 Å². The van der Waals surface area contributed by atoms with Crippen LogP contribution in [0, 0.1) is 27.3 Å². The highest BCUT2D eigenvalue weighted by Gasteiger charge is 2.35. The number of carbonyl (C=O) groups is 2. The van der Waals surface area contributed by atoms with Gasteiger partial charge in [-0.3, -0.25) is 24.6 Å². The number of non-ortho nitro benzene ring substituents is 1. The van der Waals surface area contributed by atoms with Crippen molar-refractivity contribution >= 4 is 23.6 Å². The van der Waals surface area contributed by atoms with E-state index >= 15 is 0 Å². The Kier molecular flexibility index (Phi) is 6.87. The number of nitro groups is 1. The Morgan fingerprint density at radius 2 is 1.68 bits per heavy atom. The summed E-state index contributed by atoms with van der Waals surface area (Å²) in [4.78, 5) is 38.2. The van der Waals surface area contributed by atoms with Crippen LogP contribution in [0.15, 0.2) is 102 Å². The molecular formula is C30H20FN5O4. The molecule has 5 rings (SSSR count). The van der Waals surface area contributed by atoms with Crippen molar-refractivity contribution in [2.24, 2.45) is 0 Å². The third-order valence-electron chi connectivity index (χ3n) is 6.49. The molecule has 9 nitrogen and oxygen atoms in total. The molecule has 1 aliphatic heterocycles. The molecule has 196 valence electrons. The van der Waals surface area contributed by atoms with Crippen molar-refractivity contribution in [3.05, 3.63) is 129 Å². The zero-order chi connectivity index (χ0) is 28.4.